The van der Waals surface area contributed by atoms with E-state index >= 15 is 0 Å². The van der Waals surface area contributed by atoms with Gasteiger partial charge in [-0.3, -0.25) is 0 Å². The molecule has 2 rings (SSSR count). The number of hydrogen-bond donors (Lipinski definition) is 2. The fourth-order valence-corrected chi connectivity index (χ4v) is 2.92. The molecule has 1 heterocycles. The van der Waals surface area contributed by atoms with Gasteiger partial charge >= 0.3 is 5.97 Å². The van der Waals surface area contributed by atoms with E-state index < -0.39 is 5.97 Å². The van der Waals surface area contributed by atoms with Crippen molar-refractivity contribution in [3.63, 3.8) is 0 Å². The molecule has 1 aliphatic rings. The smallest absolute Gasteiger partial charge is 0.332 e. The number of nitrogens with one attached hydrogen (secondary N) is 1. The summed E-state index contributed by atoms with van der Waals surface area (Å²) in [5, 5.41) is 12.8. The number of carbonyl (C=O) groups is 1. The molecule has 1 aromatic rings. The van der Waals surface area contributed by atoms with Crippen molar-refractivity contribution in [1.82, 2.24) is 5.32 Å². The molecule has 1 unspecified atom stereocenters. The lowest BCUT2D eigenvalue weighted by Crippen LogP contribution is -2.17. The summed E-state index contributed by atoms with van der Waals surface area (Å²) in [7, 11) is 0. The summed E-state index contributed by atoms with van der Waals surface area (Å²) < 4.78 is 0. The van der Waals surface area contributed by atoms with Crippen molar-refractivity contribution in [1.29, 1.82) is 0 Å². The second kappa shape index (κ2) is 6.02. The van der Waals surface area contributed by atoms with E-state index in [1.807, 2.05) is 19.1 Å². The van der Waals surface area contributed by atoms with E-state index in [0.29, 0.717) is 5.57 Å². The van der Waals surface area contributed by atoms with Gasteiger partial charge in [0.1, 0.15) is 0 Å². The van der Waals surface area contributed by atoms with E-state index in [0.717, 1.165) is 30.6 Å². The minimum absolute atomic E-state index is 0.112. The molecule has 0 bridgehead atoms. The van der Waals surface area contributed by atoms with Crippen LogP contribution in [-0.2, 0) is 10.2 Å². The molecule has 0 saturated carbocycles. The lowest BCUT2D eigenvalue weighted by atomic mass is 9.85. The fourth-order valence-electron chi connectivity index (χ4n) is 2.92. The van der Waals surface area contributed by atoms with Gasteiger partial charge in [0.05, 0.1) is 0 Å². The van der Waals surface area contributed by atoms with Crippen LogP contribution >= 0.6 is 0 Å². The minimum atomic E-state index is -0.791. The first-order valence-electron chi connectivity index (χ1n) is 7.56. The van der Waals surface area contributed by atoms with Crippen molar-refractivity contribution in [2.24, 2.45) is 5.92 Å². The summed E-state index contributed by atoms with van der Waals surface area (Å²) >= 11 is 0. The first kappa shape index (κ1) is 15.8. The number of rotatable bonds is 3. The topological polar surface area (TPSA) is 49.3 Å². The molecule has 0 spiro atoms. The zero-order chi connectivity index (χ0) is 15.6. The van der Waals surface area contributed by atoms with Gasteiger partial charge in [0.15, 0.2) is 0 Å². The zero-order valence-corrected chi connectivity index (χ0v) is 13.4. The van der Waals surface area contributed by atoms with Gasteiger partial charge in [-0.1, -0.05) is 45.0 Å². The third kappa shape index (κ3) is 3.53. The summed E-state index contributed by atoms with van der Waals surface area (Å²) in [6.45, 7) is 10.1. The van der Waals surface area contributed by atoms with Gasteiger partial charge in [-0.15, -0.1) is 0 Å². The van der Waals surface area contributed by atoms with Crippen LogP contribution < -0.4 is 5.32 Å². The Morgan fingerprint density at radius 1 is 1.24 bits per heavy atom. The first-order chi connectivity index (χ1) is 9.80. The van der Waals surface area contributed by atoms with Crippen LogP contribution in [0.3, 0.4) is 0 Å². The van der Waals surface area contributed by atoms with Gasteiger partial charge in [-0.05, 0) is 42.0 Å². The zero-order valence-electron chi connectivity index (χ0n) is 13.4. The number of hydrogen-bond acceptors (Lipinski definition) is 2. The van der Waals surface area contributed by atoms with Gasteiger partial charge in [-0.2, -0.15) is 0 Å². The van der Waals surface area contributed by atoms with E-state index in [9.17, 15) is 9.90 Å². The summed E-state index contributed by atoms with van der Waals surface area (Å²) in [6, 6.07) is 8.29. The maximum absolute atomic E-state index is 11.6. The summed E-state index contributed by atoms with van der Waals surface area (Å²) in [6.07, 6.45) is 0.902. The van der Waals surface area contributed by atoms with Crippen LogP contribution in [0.4, 0.5) is 0 Å². The molecule has 1 aromatic carbocycles. The standard InChI is InChI=1S/C18H25NO2/c1-12(16(17(20)21)14-9-10-19-11-14)13-5-7-15(8-6-13)18(2,3)4/h5-8,14,19H,9-11H2,1-4H3,(H,20,21)/b16-12-. The normalized spacial score (nSPS) is 20.3. The number of carboxylic acids is 1. The molecule has 0 amide bonds. The Bertz CT molecular complexity index is 544. The number of aliphatic carboxylic acids is 1. The van der Waals surface area contributed by atoms with Gasteiger partial charge in [0.25, 0.3) is 0 Å². The number of carboxylic acid groups (broad SMARTS) is 1. The number of benzene rings is 1. The van der Waals surface area contributed by atoms with Crippen molar-refractivity contribution in [3.8, 4) is 0 Å². The Morgan fingerprint density at radius 3 is 2.29 bits per heavy atom. The van der Waals surface area contributed by atoms with Crippen LogP contribution in [0, 0.1) is 5.92 Å². The first-order valence-corrected chi connectivity index (χ1v) is 7.56. The average Bonchev–Trinajstić information content (AvgIpc) is 2.91. The highest BCUT2D eigenvalue weighted by Gasteiger charge is 2.26. The van der Waals surface area contributed by atoms with Crippen LogP contribution in [0.2, 0.25) is 0 Å². The molecule has 21 heavy (non-hydrogen) atoms. The molecule has 3 nitrogen and oxygen atoms in total. The van der Waals surface area contributed by atoms with E-state index in [1.165, 1.54) is 5.56 Å². The summed E-state index contributed by atoms with van der Waals surface area (Å²) in [5.74, 6) is -0.675. The average molecular weight is 287 g/mol. The van der Waals surface area contributed by atoms with Crippen molar-refractivity contribution >= 4 is 11.5 Å². The van der Waals surface area contributed by atoms with Crippen LogP contribution in [0.5, 0.6) is 0 Å². The van der Waals surface area contributed by atoms with Crippen molar-refractivity contribution < 1.29 is 9.90 Å². The molecule has 1 aliphatic heterocycles. The van der Waals surface area contributed by atoms with E-state index in [1.54, 1.807) is 0 Å². The van der Waals surface area contributed by atoms with Gasteiger partial charge in [0, 0.05) is 18.0 Å². The quantitative estimate of drug-likeness (QED) is 0.837. The highest BCUT2D eigenvalue weighted by atomic mass is 16.4. The summed E-state index contributed by atoms with van der Waals surface area (Å²) in [4.78, 5) is 11.6. The molecule has 1 fully saturated rings. The Balaban J connectivity index is 2.37. The van der Waals surface area contributed by atoms with E-state index in [4.69, 9.17) is 0 Å². The van der Waals surface area contributed by atoms with E-state index in [2.05, 4.69) is 38.2 Å². The predicted molar refractivity (Wildman–Crippen MR) is 86.3 cm³/mol. The SMILES string of the molecule is C/C(=C(/C(=O)O)C1CCNC1)c1ccc(C(C)(C)C)cc1. The van der Waals surface area contributed by atoms with Gasteiger partial charge in [-0.25, -0.2) is 4.79 Å². The lowest BCUT2D eigenvalue weighted by Gasteiger charge is -2.20. The largest absolute Gasteiger partial charge is 0.478 e. The highest BCUT2D eigenvalue weighted by Crippen LogP contribution is 2.29. The molecule has 2 N–H and O–H groups in total. The molecule has 3 heteroatoms. The molecule has 0 aromatic heterocycles. The fraction of sp³-hybridized carbons (Fsp3) is 0.500. The number of allylic oxidation sites excluding steroid dienone is 1. The summed E-state index contributed by atoms with van der Waals surface area (Å²) in [5.41, 5.74) is 3.83. The third-order valence-corrected chi connectivity index (χ3v) is 4.29. The maximum atomic E-state index is 11.6. The maximum Gasteiger partial charge on any atom is 0.332 e. The Kier molecular flexibility index (Phi) is 4.52. The van der Waals surface area contributed by atoms with E-state index in [-0.39, 0.29) is 11.3 Å². The van der Waals surface area contributed by atoms with Gasteiger partial charge < -0.3 is 10.4 Å². The molecule has 0 aliphatic carbocycles. The Morgan fingerprint density at radius 2 is 1.86 bits per heavy atom. The Hall–Kier alpha value is -1.61. The molecular weight excluding hydrogens is 262 g/mol. The lowest BCUT2D eigenvalue weighted by molar-refractivity contribution is -0.133. The highest BCUT2D eigenvalue weighted by molar-refractivity contribution is 5.96. The van der Waals surface area contributed by atoms with Crippen molar-refractivity contribution in [3.05, 3.63) is 41.0 Å². The predicted octanol–water partition coefficient (Wildman–Crippen LogP) is 3.45. The van der Waals surface area contributed by atoms with Crippen LogP contribution in [0.15, 0.2) is 29.8 Å². The third-order valence-electron chi connectivity index (χ3n) is 4.29. The molecule has 1 saturated heterocycles. The second-order valence-electron chi connectivity index (χ2n) is 6.86. The monoisotopic (exact) mass is 287 g/mol. The molecular formula is C18H25NO2. The molecule has 0 radical (unpaired) electrons. The minimum Gasteiger partial charge on any atom is -0.478 e. The van der Waals surface area contributed by atoms with Crippen molar-refractivity contribution in [2.45, 2.75) is 39.5 Å². The Labute approximate surface area is 127 Å². The van der Waals surface area contributed by atoms with Gasteiger partial charge in [0.2, 0.25) is 0 Å². The van der Waals surface area contributed by atoms with Crippen LogP contribution in [0.1, 0.15) is 45.2 Å². The van der Waals surface area contributed by atoms with Crippen LogP contribution in [-0.4, -0.2) is 24.2 Å². The van der Waals surface area contributed by atoms with Crippen molar-refractivity contribution in [2.75, 3.05) is 13.1 Å². The molecule has 114 valence electrons. The van der Waals surface area contributed by atoms with Crippen LogP contribution in [0.25, 0.3) is 5.57 Å². The molecule has 1 atom stereocenters. The second-order valence-corrected chi connectivity index (χ2v) is 6.86.